The van der Waals surface area contributed by atoms with Crippen molar-refractivity contribution in [3.8, 4) is 0 Å². The quantitative estimate of drug-likeness (QED) is 0.381. The minimum absolute atomic E-state index is 0.140. The number of hydrogen-bond donors (Lipinski definition) is 1. The number of nitrogens with one attached hydrogen (secondary N) is 1. The van der Waals surface area contributed by atoms with Gasteiger partial charge in [-0.05, 0) is 18.5 Å². The van der Waals surface area contributed by atoms with Crippen molar-refractivity contribution < 1.29 is 22.3 Å². The SMILES string of the molecule is C=C(CNCCC)COCC(F)(F)C(F)F. The molecule has 0 fully saturated rings. The molecule has 2 nitrogen and oxygen atoms in total. The molecule has 6 heteroatoms. The second kappa shape index (κ2) is 7.62. The van der Waals surface area contributed by atoms with E-state index in [0.29, 0.717) is 12.1 Å². The molecule has 96 valence electrons. The summed E-state index contributed by atoms with van der Waals surface area (Å²) in [5.41, 5.74) is 0.554. The molecule has 0 saturated heterocycles. The Balaban J connectivity index is 3.61. The predicted molar refractivity (Wildman–Crippen MR) is 54.1 cm³/mol. The van der Waals surface area contributed by atoms with Gasteiger partial charge in [0.2, 0.25) is 0 Å². The number of ether oxygens (including phenoxy) is 1. The summed E-state index contributed by atoms with van der Waals surface area (Å²) in [6.07, 6.45) is -2.75. The molecule has 0 radical (unpaired) electrons. The van der Waals surface area contributed by atoms with Gasteiger partial charge in [-0.3, -0.25) is 0 Å². The molecule has 1 N–H and O–H groups in total. The molecule has 0 amide bonds. The van der Waals surface area contributed by atoms with E-state index in [1.54, 1.807) is 0 Å². The Kier molecular flexibility index (Phi) is 7.33. The normalized spacial score (nSPS) is 12.1. The predicted octanol–water partition coefficient (Wildman–Crippen LogP) is 2.46. The Bertz CT molecular complexity index is 209. The highest BCUT2D eigenvalue weighted by atomic mass is 19.3. The summed E-state index contributed by atoms with van der Waals surface area (Å²) < 4.78 is 52.7. The van der Waals surface area contributed by atoms with Gasteiger partial charge in [0.25, 0.3) is 0 Å². The first-order valence-electron chi connectivity index (χ1n) is 5.01. The molecular weight excluding hydrogens is 226 g/mol. The molecule has 0 aliphatic carbocycles. The van der Waals surface area contributed by atoms with Crippen LogP contribution in [0.2, 0.25) is 0 Å². The van der Waals surface area contributed by atoms with Gasteiger partial charge in [-0.2, -0.15) is 8.78 Å². The van der Waals surface area contributed by atoms with Crippen LogP contribution >= 0.6 is 0 Å². The first-order chi connectivity index (χ1) is 7.40. The highest BCUT2D eigenvalue weighted by molar-refractivity contribution is 4.96. The van der Waals surface area contributed by atoms with Crippen LogP contribution in [0.3, 0.4) is 0 Å². The van der Waals surface area contributed by atoms with Gasteiger partial charge in [-0.15, -0.1) is 0 Å². The van der Waals surface area contributed by atoms with Gasteiger partial charge in [-0.1, -0.05) is 13.5 Å². The lowest BCUT2D eigenvalue weighted by Crippen LogP contribution is -2.33. The molecule has 0 aromatic rings. The molecule has 0 unspecified atom stereocenters. The van der Waals surface area contributed by atoms with Crippen molar-refractivity contribution in [2.24, 2.45) is 0 Å². The monoisotopic (exact) mass is 243 g/mol. The standard InChI is InChI=1S/C10H17F4NO/c1-3-4-15-5-8(2)6-16-7-10(13,14)9(11)12/h9,15H,2-7H2,1H3. The summed E-state index contributed by atoms with van der Waals surface area (Å²) in [4.78, 5) is 0. The van der Waals surface area contributed by atoms with Crippen LogP contribution in [0.15, 0.2) is 12.2 Å². The summed E-state index contributed by atoms with van der Waals surface area (Å²) >= 11 is 0. The third-order valence-corrected chi connectivity index (χ3v) is 1.72. The number of alkyl halides is 4. The van der Waals surface area contributed by atoms with Crippen LogP contribution in [-0.2, 0) is 4.74 Å². The molecule has 0 spiro atoms. The second-order valence-electron chi connectivity index (χ2n) is 3.48. The topological polar surface area (TPSA) is 21.3 Å². The Morgan fingerprint density at radius 1 is 1.44 bits per heavy atom. The van der Waals surface area contributed by atoms with Gasteiger partial charge in [0.15, 0.2) is 0 Å². The van der Waals surface area contributed by atoms with Crippen molar-refractivity contribution in [1.82, 2.24) is 5.32 Å². The average Bonchev–Trinajstić information content (AvgIpc) is 2.17. The maximum Gasteiger partial charge on any atom is 0.330 e. The van der Waals surface area contributed by atoms with E-state index in [1.807, 2.05) is 6.92 Å². The molecular formula is C10H17F4NO. The first kappa shape index (κ1) is 15.4. The molecule has 0 rings (SSSR count). The molecule has 0 bridgehead atoms. The molecule has 16 heavy (non-hydrogen) atoms. The summed E-state index contributed by atoms with van der Waals surface area (Å²) in [7, 11) is 0. The highest BCUT2D eigenvalue weighted by Crippen LogP contribution is 2.22. The van der Waals surface area contributed by atoms with Crippen LogP contribution in [-0.4, -0.2) is 38.7 Å². The Morgan fingerprint density at radius 2 is 2.06 bits per heavy atom. The van der Waals surface area contributed by atoms with Crippen LogP contribution in [0.4, 0.5) is 17.6 Å². The van der Waals surface area contributed by atoms with E-state index in [9.17, 15) is 17.6 Å². The maximum absolute atomic E-state index is 12.4. The van der Waals surface area contributed by atoms with Gasteiger partial charge in [-0.25, -0.2) is 8.78 Å². The molecule has 0 aliphatic heterocycles. The number of hydrogen-bond acceptors (Lipinski definition) is 2. The minimum atomic E-state index is -4.09. The van der Waals surface area contributed by atoms with Gasteiger partial charge < -0.3 is 10.1 Å². The first-order valence-corrected chi connectivity index (χ1v) is 5.01. The van der Waals surface area contributed by atoms with Crippen molar-refractivity contribution in [2.45, 2.75) is 25.7 Å². The van der Waals surface area contributed by atoms with E-state index in [-0.39, 0.29) is 6.61 Å². The molecule has 0 heterocycles. The van der Waals surface area contributed by atoms with E-state index in [0.717, 1.165) is 13.0 Å². The minimum Gasteiger partial charge on any atom is -0.371 e. The molecule has 0 saturated carbocycles. The Morgan fingerprint density at radius 3 is 2.56 bits per heavy atom. The summed E-state index contributed by atoms with van der Waals surface area (Å²) in [5, 5.41) is 2.99. The van der Waals surface area contributed by atoms with E-state index in [2.05, 4.69) is 16.6 Å². The van der Waals surface area contributed by atoms with Crippen LogP contribution < -0.4 is 5.32 Å². The van der Waals surface area contributed by atoms with E-state index < -0.39 is 19.0 Å². The Labute approximate surface area is 92.7 Å². The average molecular weight is 243 g/mol. The van der Waals surface area contributed by atoms with Gasteiger partial charge >= 0.3 is 12.3 Å². The zero-order chi connectivity index (χ0) is 12.6. The smallest absolute Gasteiger partial charge is 0.330 e. The van der Waals surface area contributed by atoms with Crippen LogP contribution in [0.1, 0.15) is 13.3 Å². The van der Waals surface area contributed by atoms with Crippen molar-refractivity contribution in [1.29, 1.82) is 0 Å². The fourth-order valence-electron chi connectivity index (χ4n) is 0.887. The largest absolute Gasteiger partial charge is 0.371 e. The lowest BCUT2D eigenvalue weighted by Gasteiger charge is -2.15. The zero-order valence-electron chi connectivity index (χ0n) is 9.24. The third-order valence-electron chi connectivity index (χ3n) is 1.72. The van der Waals surface area contributed by atoms with E-state index in [1.165, 1.54) is 0 Å². The van der Waals surface area contributed by atoms with Crippen molar-refractivity contribution in [3.63, 3.8) is 0 Å². The van der Waals surface area contributed by atoms with Gasteiger partial charge in [0.1, 0.15) is 6.61 Å². The molecule has 0 aliphatic rings. The highest BCUT2D eigenvalue weighted by Gasteiger charge is 2.40. The maximum atomic E-state index is 12.4. The summed E-state index contributed by atoms with van der Waals surface area (Å²) in [6.45, 7) is 5.36. The van der Waals surface area contributed by atoms with Crippen LogP contribution in [0.5, 0.6) is 0 Å². The molecule has 0 aromatic carbocycles. The number of halogens is 4. The van der Waals surface area contributed by atoms with E-state index >= 15 is 0 Å². The summed E-state index contributed by atoms with van der Waals surface area (Å²) in [5.74, 6) is -4.09. The second-order valence-corrected chi connectivity index (χ2v) is 3.48. The fraction of sp³-hybridized carbons (Fsp3) is 0.800. The van der Waals surface area contributed by atoms with Crippen LogP contribution in [0, 0.1) is 0 Å². The fourth-order valence-corrected chi connectivity index (χ4v) is 0.887. The van der Waals surface area contributed by atoms with Crippen molar-refractivity contribution in [3.05, 3.63) is 12.2 Å². The third kappa shape index (κ3) is 6.79. The zero-order valence-corrected chi connectivity index (χ0v) is 9.24. The van der Waals surface area contributed by atoms with Crippen molar-refractivity contribution >= 4 is 0 Å². The lowest BCUT2D eigenvalue weighted by molar-refractivity contribution is -0.163. The number of rotatable bonds is 9. The molecule has 0 aromatic heterocycles. The van der Waals surface area contributed by atoms with Crippen molar-refractivity contribution in [2.75, 3.05) is 26.3 Å². The van der Waals surface area contributed by atoms with E-state index in [4.69, 9.17) is 0 Å². The Hall–Kier alpha value is -0.620. The lowest BCUT2D eigenvalue weighted by atomic mass is 10.3. The molecule has 0 atom stereocenters. The van der Waals surface area contributed by atoms with Gasteiger partial charge in [0, 0.05) is 6.54 Å². The van der Waals surface area contributed by atoms with Gasteiger partial charge in [0.05, 0.1) is 6.61 Å². The van der Waals surface area contributed by atoms with Crippen LogP contribution in [0.25, 0.3) is 0 Å². The summed E-state index contributed by atoms with van der Waals surface area (Å²) in [6, 6.07) is 0.